The number of anilines is 2. The first-order valence-electron chi connectivity index (χ1n) is 10.5. The van der Waals surface area contributed by atoms with Crippen LogP contribution >= 0.6 is 11.6 Å². The van der Waals surface area contributed by atoms with Gasteiger partial charge in [-0.3, -0.25) is 9.69 Å². The molecule has 0 bridgehead atoms. The zero-order valence-electron chi connectivity index (χ0n) is 17.5. The normalized spacial score (nSPS) is 15.0. The van der Waals surface area contributed by atoms with Crippen molar-refractivity contribution in [2.24, 2.45) is 0 Å². The standard InChI is InChI=1S/C27H20ClFN2O2/c28-23-10-6-11-24(29)22(23)17-33-20-15-13-18(14-16-20)26-30-25-12-5-4-9-21(25)27(32)31(26)19-7-2-1-3-8-19/h1-16,26,30H,17H2. The Kier molecular flexibility index (Phi) is 5.71. The van der Waals surface area contributed by atoms with Gasteiger partial charge in [0.2, 0.25) is 0 Å². The number of nitrogens with zero attached hydrogens (tertiary/aromatic N) is 1. The Labute approximate surface area is 196 Å². The van der Waals surface area contributed by atoms with Gasteiger partial charge >= 0.3 is 0 Å². The van der Waals surface area contributed by atoms with E-state index in [4.69, 9.17) is 16.3 Å². The number of rotatable bonds is 5. The third-order valence-electron chi connectivity index (χ3n) is 5.60. The number of amides is 1. The van der Waals surface area contributed by atoms with Crippen molar-refractivity contribution in [2.45, 2.75) is 12.8 Å². The number of halogens is 2. The number of benzene rings is 4. The SMILES string of the molecule is O=C1c2ccccc2NC(c2ccc(OCc3c(F)cccc3Cl)cc2)N1c1ccccc1. The van der Waals surface area contributed by atoms with E-state index in [2.05, 4.69) is 5.32 Å². The molecule has 0 radical (unpaired) electrons. The number of fused-ring (bicyclic) bond motifs is 1. The van der Waals surface area contributed by atoms with E-state index < -0.39 is 12.0 Å². The Morgan fingerprint density at radius 1 is 0.879 bits per heavy atom. The molecule has 0 spiro atoms. The van der Waals surface area contributed by atoms with Gasteiger partial charge in [-0.15, -0.1) is 0 Å². The minimum Gasteiger partial charge on any atom is -0.489 e. The highest BCUT2D eigenvalue weighted by atomic mass is 35.5. The third-order valence-corrected chi connectivity index (χ3v) is 5.96. The molecule has 1 aliphatic heterocycles. The van der Waals surface area contributed by atoms with Crippen LogP contribution < -0.4 is 15.0 Å². The molecule has 0 saturated carbocycles. The lowest BCUT2D eigenvalue weighted by atomic mass is 10.0. The summed E-state index contributed by atoms with van der Waals surface area (Å²) in [7, 11) is 0. The van der Waals surface area contributed by atoms with Gasteiger partial charge in [-0.2, -0.15) is 0 Å². The summed E-state index contributed by atoms with van der Waals surface area (Å²) >= 11 is 6.09. The van der Waals surface area contributed by atoms with Gasteiger partial charge in [0.15, 0.2) is 0 Å². The van der Waals surface area contributed by atoms with Crippen LogP contribution in [-0.4, -0.2) is 5.91 Å². The van der Waals surface area contributed by atoms with Gasteiger partial charge in [0, 0.05) is 16.9 Å². The maximum absolute atomic E-state index is 14.0. The van der Waals surface area contributed by atoms with Crippen LogP contribution in [0.5, 0.6) is 5.75 Å². The van der Waals surface area contributed by atoms with Crippen LogP contribution in [0.3, 0.4) is 0 Å². The van der Waals surface area contributed by atoms with Gasteiger partial charge in [0.05, 0.1) is 10.6 Å². The van der Waals surface area contributed by atoms with Crippen molar-refractivity contribution in [3.63, 3.8) is 0 Å². The molecule has 5 rings (SSSR count). The van der Waals surface area contributed by atoms with Gasteiger partial charge in [-0.05, 0) is 54.1 Å². The molecule has 1 amide bonds. The topological polar surface area (TPSA) is 41.6 Å². The zero-order chi connectivity index (χ0) is 22.8. The molecule has 4 aromatic carbocycles. The van der Waals surface area contributed by atoms with Crippen LogP contribution in [0.4, 0.5) is 15.8 Å². The van der Waals surface area contributed by atoms with Crippen molar-refractivity contribution in [1.29, 1.82) is 0 Å². The summed E-state index contributed by atoms with van der Waals surface area (Å²) in [5, 5.41) is 3.81. The van der Waals surface area contributed by atoms with Crippen molar-refractivity contribution in [3.8, 4) is 5.75 Å². The molecule has 1 heterocycles. The molecule has 1 atom stereocenters. The first-order chi connectivity index (χ1) is 16.1. The molecule has 0 aliphatic carbocycles. The van der Waals surface area contributed by atoms with Crippen molar-refractivity contribution >= 4 is 28.9 Å². The number of carbonyl (C=O) groups is 1. The molecule has 1 aliphatic rings. The van der Waals surface area contributed by atoms with E-state index in [1.54, 1.807) is 29.2 Å². The molecule has 33 heavy (non-hydrogen) atoms. The van der Waals surface area contributed by atoms with Crippen LogP contribution in [0.15, 0.2) is 97.1 Å². The first kappa shape index (κ1) is 21.0. The summed E-state index contributed by atoms with van der Waals surface area (Å²) in [5.41, 5.74) is 3.41. The van der Waals surface area contributed by atoms with Gasteiger partial charge < -0.3 is 10.1 Å². The Balaban J connectivity index is 1.43. The smallest absolute Gasteiger partial charge is 0.262 e. The van der Waals surface area contributed by atoms with E-state index in [0.717, 1.165) is 16.9 Å². The van der Waals surface area contributed by atoms with Crippen molar-refractivity contribution < 1.29 is 13.9 Å². The molecular formula is C27H20ClFN2O2. The van der Waals surface area contributed by atoms with Crippen LogP contribution in [0.25, 0.3) is 0 Å². The van der Waals surface area contributed by atoms with Gasteiger partial charge in [-0.25, -0.2) is 4.39 Å². The minimum absolute atomic E-state index is 0.0224. The molecule has 4 nitrogen and oxygen atoms in total. The Bertz CT molecular complexity index is 1280. The Morgan fingerprint density at radius 2 is 1.61 bits per heavy atom. The predicted octanol–water partition coefficient (Wildman–Crippen LogP) is 6.83. The summed E-state index contributed by atoms with van der Waals surface area (Å²) in [6, 6.07) is 29.0. The van der Waals surface area contributed by atoms with Crippen LogP contribution in [0, 0.1) is 5.82 Å². The highest BCUT2D eigenvalue weighted by Gasteiger charge is 2.33. The average Bonchev–Trinajstić information content (AvgIpc) is 2.85. The maximum Gasteiger partial charge on any atom is 0.262 e. The fourth-order valence-corrected chi connectivity index (χ4v) is 4.13. The van der Waals surface area contributed by atoms with E-state index >= 15 is 0 Å². The number of nitrogens with one attached hydrogen (secondary N) is 1. The summed E-state index contributed by atoms with van der Waals surface area (Å²) in [5.74, 6) is 0.100. The van der Waals surface area contributed by atoms with Gasteiger partial charge in [0.1, 0.15) is 24.3 Å². The van der Waals surface area contributed by atoms with E-state index in [1.165, 1.54) is 6.07 Å². The second kappa shape index (κ2) is 8.96. The average molecular weight is 459 g/mol. The fourth-order valence-electron chi connectivity index (χ4n) is 3.91. The monoisotopic (exact) mass is 458 g/mol. The first-order valence-corrected chi connectivity index (χ1v) is 10.9. The Morgan fingerprint density at radius 3 is 2.36 bits per heavy atom. The van der Waals surface area contributed by atoms with Crippen molar-refractivity contribution in [2.75, 3.05) is 10.2 Å². The molecule has 0 saturated heterocycles. The highest BCUT2D eigenvalue weighted by molar-refractivity contribution is 6.31. The molecule has 0 aromatic heterocycles. The largest absolute Gasteiger partial charge is 0.489 e. The quantitative estimate of drug-likeness (QED) is 0.356. The number of para-hydroxylation sites is 2. The van der Waals surface area contributed by atoms with E-state index in [0.29, 0.717) is 21.9 Å². The fraction of sp³-hybridized carbons (Fsp3) is 0.0741. The predicted molar refractivity (Wildman–Crippen MR) is 128 cm³/mol. The maximum atomic E-state index is 14.0. The third kappa shape index (κ3) is 4.15. The van der Waals surface area contributed by atoms with Crippen LogP contribution in [0.2, 0.25) is 5.02 Å². The molecule has 4 aromatic rings. The Hall–Kier alpha value is -3.83. The molecule has 1 unspecified atom stereocenters. The van der Waals surface area contributed by atoms with E-state index in [9.17, 15) is 9.18 Å². The van der Waals surface area contributed by atoms with Crippen LogP contribution in [-0.2, 0) is 6.61 Å². The lowest BCUT2D eigenvalue weighted by Crippen LogP contribution is -2.43. The van der Waals surface area contributed by atoms with E-state index in [-0.39, 0.29) is 12.5 Å². The van der Waals surface area contributed by atoms with Gasteiger partial charge in [-0.1, -0.05) is 60.1 Å². The van der Waals surface area contributed by atoms with E-state index in [1.807, 2.05) is 66.7 Å². The summed E-state index contributed by atoms with van der Waals surface area (Å²) in [6.07, 6.45) is -0.398. The number of hydrogen-bond donors (Lipinski definition) is 1. The lowest BCUT2D eigenvalue weighted by Gasteiger charge is -2.38. The molecule has 0 fully saturated rings. The number of carbonyl (C=O) groups excluding carboxylic acids is 1. The molecule has 164 valence electrons. The molecule has 1 N–H and O–H groups in total. The van der Waals surface area contributed by atoms with Gasteiger partial charge in [0.25, 0.3) is 5.91 Å². The van der Waals surface area contributed by atoms with Crippen LogP contribution in [0.1, 0.15) is 27.7 Å². The minimum atomic E-state index is -0.402. The highest BCUT2D eigenvalue weighted by Crippen LogP contribution is 2.37. The summed E-state index contributed by atoms with van der Waals surface area (Å²) in [4.78, 5) is 15.2. The second-order valence-corrected chi connectivity index (χ2v) is 8.07. The molecule has 6 heteroatoms. The second-order valence-electron chi connectivity index (χ2n) is 7.66. The lowest BCUT2D eigenvalue weighted by molar-refractivity contribution is 0.0975. The summed E-state index contributed by atoms with van der Waals surface area (Å²) in [6.45, 7) is 0.0224. The zero-order valence-corrected chi connectivity index (χ0v) is 18.3. The number of ether oxygens (including phenoxy) is 1. The van der Waals surface area contributed by atoms with Crippen molar-refractivity contribution in [1.82, 2.24) is 0 Å². The molecular weight excluding hydrogens is 439 g/mol. The van der Waals surface area contributed by atoms with Crippen molar-refractivity contribution in [3.05, 3.63) is 125 Å². The summed E-state index contributed by atoms with van der Waals surface area (Å²) < 4.78 is 19.8. The number of hydrogen-bond acceptors (Lipinski definition) is 3.